The van der Waals surface area contributed by atoms with Gasteiger partial charge < -0.3 is 29.4 Å². The molecule has 1 aromatic rings. The second-order valence-corrected chi connectivity index (χ2v) is 10.2. The number of hydrogen-bond donors (Lipinski definition) is 1. The molecule has 1 unspecified atom stereocenters. The molecule has 1 aromatic carbocycles. The van der Waals surface area contributed by atoms with Crippen LogP contribution in [-0.2, 0) is 35.0 Å². The maximum Gasteiger partial charge on any atom is 0.508 e. The fourth-order valence-electron chi connectivity index (χ4n) is 4.00. The van der Waals surface area contributed by atoms with Crippen LogP contribution in [-0.4, -0.2) is 48.9 Å². The molecule has 0 heterocycles. The average Bonchev–Trinajstić information content (AvgIpc) is 2.89. The molecule has 0 aliphatic heterocycles. The van der Waals surface area contributed by atoms with E-state index >= 15 is 0 Å². The zero-order chi connectivity index (χ0) is 30.1. The Hall–Kier alpha value is -3.14. The number of carbonyl (C=O) groups is 4. The van der Waals surface area contributed by atoms with Gasteiger partial charge in [0.2, 0.25) is 0 Å². The van der Waals surface area contributed by atoms with E-state index < -0.39 is 35.7 Å². The van der Waals surface area contributed by atoms with Crippen molar-refractivity contribution in [2.45, 2.75) is 123 Å². The van der Waals surface area contributed by atoms with Crippen molar-refractivity contribution < 1.29 is 42.9 Å². The average molecular weight is 566 g/mol. The highest BCUT2D eigenvalue weighted by molar-refractivity contribution is 5.81. The first kappa shape index (κ1) is 34.9. The van der Waals surface area contributed by atoms with E-state index in [0.29, 0.717) is 24.8 Å². The Labute approximate surface area is 238 Å². The van der Waals surface area contributed by atoms with Crippen LogP contribution in [0, 0.1) is 0 Å². The van der Waals surface area contributed by atoms with Crippen LogP contribution < -0.4 is 15.2 Å². The molecule has 0 spiro atoms. The first-order valence-corrected chi connectivity index (χ1v) is 14.3. The standard InChI is InChI=1S/C30H47NO9/c1-7-10-12-14-26(32)39-24-17-16-23(18-25(24)40-27(33)15-13-11-8-2)20-30(31,28(34)36-6)19-22(5)38-29(35)37-21(4)9-3/h16-18,21-22H,7-15,19-20,31H2,1-6H3/t21-,22-,30?/m0/s1. The van der Waals surface area contributed by atoms with E-state index in [0.717, 1.165) is 25.7 Å². The first-order chi connectivity index (χ1) is 19.0. The number of ether oxygens (including phenoxy) is 5. The molecule has 2 N–H and O–H groups in total. The van der Waals surface area contributed by atoms with Gasteiger partial charge in [-0.25, -0.2) is 4.79 Å². The summed E-state index contributed by atoms with van der Waals surface area (Å²) < 4.78 is 26.5. The third kappa shape index (κ3) is 12.8. The number of unbranched alkanes of at least 4 members (excludes halogenated alkanes) is 4. The van der Waals surface area contributed by atoms with Gasteiger partial charge in [0.1, 0.15) is 17.7 Å². The molecular weight excluding hydrogens is 518 g/mol. The molecule has 40 heavy (non-hydrogen) atoms. The molecule has 0 amide bonds. The van der Waals surface area contributed by atoms with E-state index in [4.69, 9.17) is 29.4 Å². The number of benzene rings is 1. The van der Waals surface area contributed by atoms with Crippen LogP contribution in [0.15, 0.2) is 18.2 Å². The van der Waals surface area contributed by atoms with Gasteiger partial charge in [-0.05, 0) is 50.8 Å². The van der Waals surface area contributed by atoms with Crippen molar-refractivity contribution in [1.29, 1.82) is 0 Å². The molecule has 10 heteroatoms. The number of rotatable bonds is 18. The molecule has 0 aliphatic carbocycles. The van der Waals surface area contributed by atoms with Crippen molar-refractivity contribution >= 4 is 24.1 Å². The summed E-state index contributed by atoms with van der Waals surface area (Å²) in [5.74, 6) is -1.41. The monoisotopic (exact) mass is 565 g/mol. The first-order valence-electron chi connectivity index (χ1n) is 14.3. The molecule has 3 atom stereocenters. The van der Waals surface area contributed by atoms with Gasteiger partial charge in [0.25, 0.3) is 0 Å². The van der Waals surface area contributed by atoms with Gasteiger partial charge in [0.05, 0.1) is 7.11 Å². The maximum atomic E-state index is 12.8. The molecule has 0 aliphatic rings. The lowest BCUT2D eigenvalue weighted by molar-refractivity contribution is -0.148. The van der Waals surface area contributed by atoms with E-state index in [1.165, 1.54) is 19.2 Å². The van der Waals surface area contributed by atoms with E-state index in [-0.39, 0.29) is 43.3 Å². The topological polar surface area (TPSA) is 140 Å². The summed E-state index contributed by atoms with van der Waals surface area (Å²) in [6.07, 6.45) is 4.13. The van der Waals surface area contributed by atoms with Gasteiger partial charge >= 0.3 is 24.1 Å². The third-order valence-electron chi connectivity index (χ3n) is 6.36. The van der Waals surface area contributed by atoms with Crippen LogP contribution in [0.2, 0.25) is 0 Å². The third-order valence-corrected chi connectivity index (χ3v) is 6.36. The summed E-state index contributed by atoms with van der Waals surface area (Å²) in [6, 6.07) is 4.68. The van der Waals surface area contributed by atoms with Gasteiger partial charge in [0.15, 0.2) is 11.5 Å². The maximum absolute atomic E-state index is 12.8. The number of nitrogens with two attached hydrogens (primary N) is 1. The van der Waals surface area contributed by atoms with Crippen LogP contribution in [0.5, 0.6) is 11.5 Å². The lowest BCUT2D eigenvalue weighted by Gasteiger charge is -2.29. The summed E-state index contributed by atoms with van der Waals surface area (Å²) in [7, 11) is 1.22. The fourth-order valence-corrected chi connectivity index (χ4v) is 4.00. The largest absolute Gasteiger partial charge is 0.508 e. The van der Waals surface area contributed by atoms with E-state index in [1.807, 2.05) is 20.8 Å². The Morgan fingerprint density at radius 2 is 1.38 bits per heavy atom. The molecule has 1 rings (SSSR count). The Morgan fingerprint density at radius 3 is 1.90 bits per heavy atom. The molecule has 10 nitrogen and oxygen atoms in total. The van der Waals surface area contributed by atoms with Crippen LogP contribution >= 0.6 is 0 Å². The molecule has 0 bridgehead atoms. The molecule has 0 fully saturated rings. The Kier molecular flexibility index (Phi) is 15.9. The summed E-state index contributed by atoms with van der Waals surface area (Å²) in [6.45, 7) is 9.29. The van der Waals surface area contributed by atoms with Crippen molar-refractivity contribution in [2.75, 3.05) is 7.11 Å². The zero-order valence-corrected chi connectivity index (χ0v) is 24.9. The Bertz CT molecular complexity index is 964. The van der Waals surface area contributed by atoms with Gasteiger partial charge in [-0.3, -0.25) is 14.4 Å². The summed E-state index contributed by atoms with van der Waals surface area (Å²) in [5.41, 5.74) is 5.46. The summed E-state index contributed by atoms with van der Waals surface area (Å²) >= 11 is 0. The SMILES string of the molecule is CCCCCC(=O)Oc1ccc(CC(N)(C[C@H](C)OC(=O)O[C@@H](C)CC)C(=O)OC)cc1OC(=O)CCCCC. The lowest BCUT2D eigenvalue weighted by atomic mass is 9.86. The lowest BCUT2D eigenvalue weighted by Crippen LogP contribution is -2.53. The van der Waals surface area contributed by atoms with Gasteiger partial charge in [-0.15, -0.1) is 0 Å². The second kappa shape index (κ2) is 18.3. The number of esters is 3. The zero-order valence-electron chi connectivity index (χ0n) is 24.9. The van der Waals surface area contributed by atoms with Crippen molar-refractivity contribution in [2.24, 2.45) is 5.73 Å². The highest BCUT2D eigenvalue weighted by Gasteiger charge is 2.38. The Balaban J connectivity index is 3.16. The van der Waals surface area contributed by atoms with Gasteiger partial charge in [0, 0.05) is 25.7 Å². The minimum absolute atomic E-state index is 0.0289. The molecular formula is C30H47NO9. The number of methoxy groups -OCH3 is 1. The quantitative estimate of drug-likeness (QED) is 0.132. The predicted molar refractivity (Wildman–Crippen MR) is 150 cm³/mol. The molecule has 0 saturated carbocycles. The van der Waals surface area contributed by atoms with Gasteiger partial charge in [-0.2, -0.15) is 0 Å². The Morgan fingerprint density at radius 1 is 0.825 bits per heavy atom. The van der Waals surface area contributed by atoms with Crippen LogP contribution in [0.1, 0.15) is 104 Å². The minimum atomic E-state index is -1.58. The molecule has 0 saturated heterocycles. The molecule has 226 valence electrons. The van der Waals surface area contributed by atoms with Crippen molar-refractivity contribution in [3.05, 3.63) is 23.8 Å². The van der Waals surface area contributed by atoms with Crippen LogP contribution in [0.25, 0.3) is 0 Å². The summed E-state index contributed by atoms with van der Waals surface area (Å²) in [5, 5.41) is 0. The van der Waals surface area contributed by atoms with E-state index in [1.54, 1.807) is 19.9 Å². The van der Waals surface area contributed by atoms with Crippen LogP contribution in [0.3, 0.4) is 0 Å². The van der Waals surface area contributed by atoms with Crippen LogP contribution in [0.4, 0.5) is 4.79 Å². The fraction of sp³-hybridized carbons (Fsp3) is 0.667. The second-order valence-electron chi connectivity index (χ2n) is 10.2. The molecule has 0 aromatic heterocycles. The normalized spacial score (nSPS) is 13.9. The van der Waals surface area contributed by atoms with Crippen molar-refractivity contribution in [1.82, 2.24) is 0 Å². The minimum Gasteiger partial charge on any atom is -0.468 e. The summed E-state index contributed by atoms with van der Waals surface area (Å²) in [4.78, 5) is 49.7. The smallest absolute Gasteiger partial charge is 0.468 e. The predicted octanol–water partition coefficient (Wildman–Crippen LogP) is 5.80. The number of carbonyl (C=O) groups excluding carboxylic acids is 4. The van der Waals surface area contributed by atoms with Crippen molar-refractivity contribution in [3.8, 4) is 11.5 Å². The number of hydrogen-bond acceptors (Lipinski definition) is 10. The van der Waals surface area contributed by atoms with Crippen molar-refractivity contribution in [3.63, 3.8) is 0 Å². The van der Waals surface area contributed by atoms with Gasteiger partial charge in [-0.1, -0.05) is 52.5 Å². The van der Waals surface area contributed by atoms with E-state index in [2.05, 4.69) is 0 Å². The molecule has 0 radical (unpaired) electrons. The highest BCUT2D eigenvalue weighted by atomic mass is 16.7. The van der Waals surface area contributed by atoms with E-state index in [9.17, 15) is 19.2 Å². The highest BCUT2D eigenvalue weighted by Crippen LogP contribution is 2.32.